The molecule has 7 heteroatoms. The molecule has 1 aromatic heterocycles. The maximum Gasteiger partial charge on any atom is 0.411 e. The number of amides is 1. The minimum absolute atomic E-state index is 0.144. The van der Waals surface area contributed by atoms with E-state index in [2.05, 4.69) is 15.4 Å². The number of halogens is 1. The van der Waals surface area contributed by atoms with Crippen molar-refractivity contribution in [2.45, 2.75) is 13.5 Å². The van der Waals surface area contributed by atoms with Gasteiger partial charge in [0.1, 0.15) is 24.4 Å². The number of hydrogen-bond acceptors (Lipinski definition) is 4. The van der Waals surface area contributed by atoms with E-state index in [-0.39, 0.29) is 12.3 Å². The first-order chi connectivity index (χ1) is 11.6. The molecule has 24 heavy (non-hydrogen) atoms. The Kier molecular flexibility index (Phi) is 4.51. The average Bonchev–Trinajstić information content (AvgIpc) is 3.00. The van der Waals surface area contributed by atoms with Gasteiger partial charge >= 0.3 is 6.09 Å². The van der Waals surface area contributed by atoms with Crippen molar-refractivity contribution in [3.8, 4) is 5.69 Å². The Balaban J connectivity index is 1.63. The summed E-state index contributed by atoms with van der Waals surface area (Å²) < 4.78 is 20.6. The molecule has 0 fully saturated rings. The van der Waals surface area contributed by atoms with Crippen LogP contribution in [0.4, 0.5) is 14.9 Å². The van der Waals surface area contributed by atoms with E-state index in [9.17, 15) is 9.18 Å². The van der Waals surface area contributed by atoms with Crippen LogP contribution in [0.15, 0.2) is 54.9 Å². The monoisotopic (exact) mass is 326 g/mol. The third kappa shape index (κ3) is 3.75. The van der Waals surface area contributed by atoms with Gasteiger partial charge in [-0.1, -0.05) is 30.3 Å². The maximum absolute atomic E-state index is 14.2. The van der Waals surface area contributed by atoms with Gasteiger partial charge in [-0.05, 0) is 30.7 Å². The molecule has 0 radical (unpaired) electrons. The number of nitrogens with one attached hydrogen (secondary N) is 1. The Morgan fingerprint density at radius 3 is 2.71 bits per heavy atom. The summed E-state index contributed by atoms with van der Waals surface area (Å²) in [5.74, 6) is 0.0156. The van der Waals surface area contributed by atoms with Crippen molar-refractivity contribution in [2.24, 2.45) is 0 Å². The number of aromatic nitrogens is 3. The largest absolute Gasteiger partial charge is 0.444 e. The molecule has 1 N–H and O–H groups in total. The van der Waals surface area contributed by atoms with Gasteiger partial charge < -0.3 is 4.74 Å². The molecular weight excluding hydrogens is 311 g/mol. The summed E-state index contributed by atoms with van der Waals surface area (Å²) >= 11 is 0. The number of anilines is 1. The lowest BCUT2D eigenvalue weighted by molar-refractivity contribution is 0.155. The standard InChI is InChI=1S/C17H15FN4O2/c1-12-19-11-22(21-12)16-8-7-14(9-15(16)18)20-17(23)24-10-13-5-3-2-4-6-13/h2-9,11H,10H2,1H3,(H,20,23). The van der Waals surface area contributed by atoms with Gasteiger partial charge in [0.2, 0.25) is 0 Å². The molecule has 0 aliphatic rings. The Bertz CT molecular complexity index is 849. The fourth-order valence-corrected chi connectivity index (χ4v) is 2.11. The zero-order valence-corrected chi connectivity index (χ0v) is 12.9. The van der Waals surface area contributed by atoms with Crippen LogP contribution in [0, 0.1) is 12.7 Å². The van der Waals surface area contributed by atoms with Crippen LogP contribution in [0.1, 0.15) is 11.4 Å². The Hall–Kier alpha value is -3.22. The molecule has 1 heterocycles. The van der Waals surface area contributed by atoms with E-state index < -0.39 is 11.9 Å². The molecule has 0 saturated heterocycles. The van der Waals surface area contributed by atoms with Crippen LogP contribution in [-0.2, 0) is 11.3 Å². The molecule has 0 spiro atoms. The molecule has 1 amide bonds. The first-order valence-electron chi connectivity index (χ1n) is 7.28. The summed E-state index contributed by atoms with van der Waals surface area (Å²) in [6.45, 7) is 1.86. The molecule has 0 aliphatic carbocycles. The third-order valence-electron chi connectivity index (χ3n) is 3.26. The highest BCUT2D eigenvalue weighted by Gasteiger charge is 2.10. The molecule has 2 aromatic carbocycles. The lowest BCUT2D eigenvalue weighted by Gasteiger charge is -2.09. The fourth-order valence-electron chi connectivity index (χ4n) is 2.11. The number of rotatable bonds is 4. The van der Waals surface area contributed by atoms with Crippen LogP contribution in [0.25, 0.3) is 5.69 Å². The average molecular weight is 326 g/mol. The second-order valence-electron chi connectivity index (χ2n) is 5.09. The van der Waals surface area contributed by atoms with Gasteiger partial charge in [0, 0.05) is 5.69 Å². The van der Waals surface area contributed by atoms with E-state index in [1.807, 2.05) is 30.3 Å². The smallest absolute Gasteiger partial charge is 0.411 e. The van der Waals surface area contributed by atoms with Gasteiger partial charge in [0.05, 0.1) is 0 Å². The molecule has 3 aromatic rings. The summed E-state index contributed by atoms with van der Waals surface area (Å²) in [6.07, 6.45) is 0.775. The fraction of sp³-hybridized carbons (Fsp3) is 0.118. The van der Waals surface area contributed by atoms with E-state index >= 15 is 0 Å². The van der Waals surface area contributed by atoms with Gasteiger partial charge in [0.15, 0.2) is 5.82 Å². The third-order valence-corrected chi connectivity index (χ3v) is 3.26. The van der Waals surface area contributed by atoms with Gasteiger partial charge in [-0.15, -0.1) is 0 Å². The normalized spacial score (nSPS) is 10.4. The van der Waals surface area contributed by atoms with Crippen molar-refractivity contribution in [1.29, 1.82) is 0 Å². The Labute approximate surface area is 137 Å². The predicted octanol–water partition coefficient (Wildman–Crippen LogP) is 3.46. The summed E-state index contributed by atoms with van der Waals surface area (Å²) in [5, 5.41) is 6.54. The molecular formula is C17H15FN4O2. The highest BCUT2D eigenvalue weighted by molar-refractivity contribution is 5.84. The lowest BCUT2D eigenvalue weighted by atomic mass is 10.2. The number of ether oxygens (including phenoxy) is 1. The zero-order valence-electron chi connectivity index (χ0n) is 12.9. The molecule has 0 unspecified atom stereocenters. The second kappa shape index (κ2) is 6.91. The van der Waals surface area contributed by atoms with Crippen LogP contribution in [0.3, 0.4) is 0 Å². The van der Waals surface area contributed by atoms with E-state index in [0.717, 1.165) is 5.56 Å². The van der Waals surface area contributed by atoms with E-state index in [4.69, 9.17) is 4.74 Å². The first kappa shape index (κ1) is 15.7. The Morgan fingerprint density at radius 2 is 2.04 bits per heavy atom. The summed E-state index contributed by atoms with van der Waals surface area (Å²) in [6, 6.07) is 13.6. The zero-order chi connectivity index (χ0) is 16.9. The number of carbonyl (C=O) groups is 1. The van der Waals surface area contributed by atoms with Crippen LogP contribution < -0.4 is 5.32 Å². The minimum Gasteiger partial charge on any atom is -0.444 e. The van der Waals surface area contributed by atoms with Gasteiger partial charge in [-0.2, -0.15) is 5.10 Å². The predicted molar refractivity (Wildman–Crippen MR) is 86.3 cm³/mol. The highest BCUT2D eigenvalue weighted by Crippen LogP contribution is 2.18. The van der Waals surface area contributed by atoms with Crippen LogP contribution in [0.2, 0.25) is 0 Å². The van der Waals surface area contributed by atoms with Gasteiger partial charge in [0.25, 0.3) is 0 Å². The lowest BCUT2D eigenvalue weighted by Crippen LogP contribution is -2.14. The number of aryl methyl sites for hydroxylation is 1. The molecule has 0 bridgehead atoms. The Morgan fingerprint density at radius 1 is 1.25 bits per heavy atom. The first-order valence-corrected chi connectivity index (χ1v) is 7.28. The SMILES string of the molecule is Cc1ncn(-c2ccc(NC(=O)OCc3ccccc3)cc2F)n1. The molecule has 122 valence electrons. The maximum atomic E-state index is 14.2. The highest BCUT2D eigenvalue weighted by atomic mass is 19.1. The summed E-state index contributed by atoms with van der Waals surface area (Å²) in [7, 11) is 0. The quantitative estimate of drug-likeness (QED) is 0.797. The van der Waals surface area contributed by atoms with Gasteiger partial charge in [-0.25, -0.2) is 18.9 Å². The van der Waals surface area contributed by atoms with E-state index in [0.29, 0.717) is 11.5 Å². The van der Waals surface area contributed by atoms with Crippen molar-refractivity contribution in [2.75, 3.05) is 5.32 Å². The molecule has 6 nitrogen and oxygen atoms in total. The minimum atomic E-state index is -0.650. The van der Waals surface area contributed by atoms with Crippen LogP contribution in [0.5, 0.6) is 0 Å². The van der Waals surface area contributed by atoms with Crippen molar-refractivity contribution < 1.29 is 13.9 Å². The number of hydrogen-bond donors (Lipinski definition) is 1. The van der Waals surface area contributed by atoms with E-state index in [1.165, 1.54) is 23.1 Å². The summed E-state index contributed by atoms with van der Waals surface area (Å²) in [5.41, 5.74) is 1.42. The molecule has 3 rings (SSSR count). The van der Waals surface area contributed by atoms with Crippen molar-refractivity contribution in [3.63, 3.8) is 0 Å². The van der Waals surface area contributed by atoms with Crippen LogP contribution >= 0.6 is 0 Å². The second-order valence-corrected chi connectivity index (χ2v) is 5.09. The van der Waals surface area contributed by atoms with Crippen molar-refractivity contribution in [1.82, 2.24) is 14.8 Å². The molecule has 0 saturated carbocycles. The van der Waals surface area contributed by atoms with Crippen molar-refractivity contribution in [3.05, 3.63) is 72.1 Å². The van der Waals surface area contributed by atoms with Crippen molar-refractivity contribution >= 4 is 11.8 Å². The number of carbonyl (C=O) groups excluding carboxylic acids is 1. The summed E-state index contributed by atoms with van der Waals surface area (Å²) in [4.78, 5) is 15.7. The molecule has 0 aliphatic heterocycles. The molecule has 0 atom stereocenters. The number of nitrogens with zero attached hydrogens (tertiary/aromatic N) is 3. The van der Waals surface area contributed by atoms with Crippen LogP contribution in [-0.4, -0.2) is 20.9 Å². The van der Waals surface area contributed by atoms with Gasteiger partial charge in [-0.3, -0.25) is 5.32 Å². The number of benzene rings is 2. The van der Waals surface area contributed by atoms with E-state index in [1.54, 1.807) is 13.0 Å². The topological polar surface area (TPSA) is 69.0 Å².